The van der Waals surface area contributed by atoms with Gasteiger partial charge in [0.2, 0.25) is 0 Å². The third-order valence-electron chi connectivity index (χ3n) is 5.19. The Balaban J connectivity index is 1.56. The van der Waals surface area contributed by atoms with Crippen molar-refractivity contribution in [2.24, 2.45) is 4.99 Å². The molecule has 5 heteroatoms. The van der Waals surface area contributed by atoms with Gasteiger partial charge in [0.25, 0.3) is 0 Å². The van der Waals surface area contributed by atoms with E-state index in [9.17, 15) is 4.79 Å². The minimum Gasteiger partial charge on any atom is -0.439 e. The summed E-state index contributed by atoms with van der Waals surface area (Å²) in [5, 5.41) is 0.767. The maximum absolute atomic E-state index is 12.1. The molecular weight excluding hydrogens is 370 g/mol. The number of hydrogen-bond acceptors (Lipinski definition) is 5. The van der Waals surface area contributed by atoms with Crippen molar-refractivity contribution in [2.45, 2.75) is 76.3 Å². The van der Waals surface area contributed by atoms with Crippen molar-refractivity contribution in [3.8, 4) is 0 Å². The number of fused-ring (bicyclic) bond motifs is 1. The molecule has 2 aliphatic heterocycles. The largest absolute Gasteiger partial charge is 0.439 e. The van der Waals surface area contributed by atoms with Gasteiger partial charge in [-0.05, 0) is 24.5 Å². The zero-order valence-corrected chi connectivity index (χ0v) is 17.6. The number of rotatable bonds is 12. The number of cyclic esters (lactones) is 1. The molecule has 2 heterocycles. The Morgan fingerprint density at radius 3 is 2.50 bits per heavy atom. The lowest BCUT2D eigenvalue weighted by atomic mass is 10.0. The van der Waals surface area contributed by atoms with E-state index in [-0.39, 0.29) is 12.7 Å². The van der Waals surface area contributed by atoms with E-state index in [1.54, 1.807) is 11.8 Å². The number of esters is 1. The monoisotopic (exact) mass is 401 g/mol. The molecule has 0 spiro atoms. The van der Waals surface area contributed by atoms with Gasteiger partial charge in [-0.2, -0.15) is 0 Å². The van der Waals surface area contributed by atoms with Crippen LogP contribution < -0.4 is 0 Å². The van der Waals surface area contributed by atoms with E-state index in [1.807, 2.05) is 24.3 Å². The zero-order chi connectivity index (χ0) is 19.7. The molecule has 3 rings (SSSR count). The van der Waals surface area contributed by atoms with Crippen molar-refractivity contribution in [2.75, 3.05) is 6.73 Å². The van der Waals surface area contributed by atoms with Gasteiger partial charge in [-0.15, -0.1) is 0 Å². The molecule has 28 heavy (non-hydrogen) atoms. The van der Waals surface area contributed by atoms with Gasteiger partial charge in [0.05, 0.1) is 12.2 Å². The first-order valence-corrected chi connectivity index (χ1v) is 11.4. The van der Waals surface area contributed by atoms with E-state index in [0.717, 1.165) is 23.4 Å². The van der Waals surface area contributed by atoms with Crippen LogP contribution in [0.5, 0.6) is 0 Å². The minimum absolute atomic E-state index is 0.116. The average molecular weight is 402 g/mol. The second-order valence-electron chi connectivity index (χ2n) is 7.50. The van der Waals surface area contributed by atoms with Crippen molar-refractivity contribution >= 4 is 22.8 Å². The third kappa shape index (κ3) is 5.95. The Labute approximate surface area is 172 Å². The van der Waals surface area contributed by atoms with Crippen LogP contribution in [-0.2, 0) is 20.9 Å². The third-order valence-corrected chi connectivity index (χ3v) is 6.52. The molecule has 0 bridgehead atoms. The summed E-state index contributed by atoms with van der Waals surface area (Å²) in [4.78, 5) is 15.9. The zero-order valence-electron chi connectivity index (χ0n) is 16.8. The van der Waals surface area contributed by atoms with Gasteiger partial charge >= 0.3 is 5.97 Å². The van der Waals surface area contributed by atoms with Crippen LogP contribution in [0.25, 0.3) is 0 Å². The lowest BCUT2D eigenvalue weighted by molar-refractivity contribution is -0.138. The van der Waals surface area contributed by atoms with E-state index < -0.39 is 4.93 Å². The highest BCUT2D eigenvalue weighted by Crippen LogP contribution is 2.45. The van der Waals surface area contributed by atoms with Crippen molar-refractivity contribution in [3.63, 3.8) is 0 Å². The van der Waals surface area contributed by atoms with Crippen LogP contribution >= 0.6 is 11.8 Å². The standard InChI is InChI=1S/C23H31NO3S/c1-2-3-4-5-6-7-8-12-15-23(27-17-19-13-10-9-11-14-19)16-20-21(28-23)24-18-26-22(20)25/h9-11,13-14,16H,2-8,12,15,17-18H2,1H3. The van der Waals surface area contributed by atoms with E-state index in [0.29, 0.717) is 12.2 Å². The fourth-order valence-corrected chi connectivity index (χ4v) is 4.81. The molecule has 0 fully saturated rings. The SMILES string of the molecule is CCCCCCCCCCC1(OCc2ccccc2)C=C2C(=O)OCN=C2S1. The fourth-order valence-electron chi connectivity index (χ4n) is 3.57. The number of carbonyl (C=O) groups is 1. The Bertz CT molecular complexity index is 701. The highest BCUT2D eigenvalue weighted by molar-refractivity contribution is 8.16. The fraction of sp³-hybridized carbons (Fsp3) is 0.565. The number of thioether (sulfide) groups is 1. The Kier molecular flexibility index (Phi) is 8.16. The van der Waals surface area contributed by atoms with Crippen molar-refractivity contribution in [1.82, 2.24) is 0 Å². The van der Waals surface area contributed by atoms with Gasteiger partial charge < -0.3 is 9.47 Å². The van der Waals surface area contributed by atoms with Gasteiger partial charge in [0.1, 0.15) is 9.98 Å². The summed E-state index contributed by atoms with van der Waals surface area (Å²) in [6, 6.07) is 10.2. The smallest absolute Gasteiger partial charge is 0.342 e. The molecule has 4 nitrogen and oxygen atoms in total. The molecule has 152 valence electrons. The summed E-state index contributed by atoms with van der Waals surface area (Å²) in [7, 11) is 0. The van der Waals surface area contributed by atoms with E-state index in [4.69, 9.17) is 9.47 Å². The summed E-state index contributed by atoms with van der Waals surface area (Å²) < 4.78 is 11.4. The van der Waals surface area contributed by atoms with Crippen LogP contribution in [-0.4, -0.2) is 22.7 Å². The maximum atomic E-state index is 12.1. The van der Waals surface area contributed by atoms with Crippen LogP contribution in [0.1, 0.15) is 70.3 Å². The van der Waals surface area contributed by atoms with E-state index in [1.165, 1.54) is 44.9 Å². The minimum atomic E-state index is -0.518. The van der Waals surface area contributed by atoms with Gasteiger partial charge in [0, 0.05) is 0 Å². The molecule has 1 aromatic rings. The molecule has 2 aliphatic rings. The molecule has 1 unspecified atom stereocenters. The lowest BCUT2D eigenvalue weighted by Gasteiger charge is -2.27. The summed E-state index contributed by atoms with van der Waals surface area (Å²) in [6.07, 6.45) is 13.0. The summed E-state index contributed by atoms with van der Waals surface area (Å²) in [5.41, 5.74) is 1.71. The van der Waals surface area contributed by atoms with Crippen molar-refractivity contribution in [1.29, 1.82) is 0 Å². The molecular formula is C23H31NO3S. The first-order chi connectivity index (χ1) is 13.7. The first-order valence-electron chi connectivity index (χ1n) is 10.5. The van der Waals surface area contributed by atoms with Crippen molar-refractivity contribution in [3.05, 3.63) is 47.5 Å². The number of ether oxygens (including phenoxy) is 2. The van der Waals surface area contributed by atoms with Crippen LogP contribution in [0, 0.1) is 0 Å². The highest BCUT2D eigenvalue weighted by Gasteiger charge is 2.42. The number of nitrogens with zero attached hydrogens (tertiary/aromatic N) is 1. The topological polar surface area (TPSA) is 47.9 Å². The van der Waals surface area contributed by atoms with E-state index in [2.05, 4.69) is 24.0 Å². The predicted molar refractivity (Wildman–Crippen MR) is 115 cm³/mol. The Morgan fingerprint density at radius 2 is 1.79 bits per heavy atom. The number of carbonyl (C=O) groups excluding carboxylic acids is 1. The predicted octanol–water partition coefficient (Wildman–Crippen LogP) is 6.02. The molecule has 0 aromatic heterocycles. The molecule has 1 atom stereocenters. The van der Waals surface area contributed by atoms with Crippen LogP contribution in [0.15, 0.2) is 47.0 Å². The second kappa shape index (κ2) is 10.8. The number of benzene rings is 1. The van der Waals surface area contributed by atoms with E-state index >= 15 is 0 Å². The Hall–Kier alpha value is -1.59. The molecule has 0 saturated heterocycles. The molecule has 0 amide bonds. The average Bonchev–Trinajstić information content (AvgIpc) is 3.10. The molecule has 1 aromatic carbocycles. The molecule has 0 N–H and O–H groups in total. The summed E-state index contributed by atoms with van der Waals surface area (Å²) in [6.45, 7) is 2.89. The van der Waals surface area contributed by atoms with Gasteiger partial charge in [-0.1, -0.05) is 94.0 Å². The second-order valence-corrected chi connectivity index (χ2v) is 8.78. The number of aliphatic imine (C=N–C) groups is 1. The van der Waals surface area contributed by atoms with Gasteiger partial charge in [0.15, 0.2) is 6.73 Å². The summed E-state index contributed by atoms with van der Waals surface area (Å²) >= 11 is 1.57. The lowest BCUT2D eigenvalue weighted by Crippen LogP contribution is -2.24. The van der Waals surface area contributed by atoms with Crippen LogP contribution in [0.3, 0.4) is 0 Å². The summed E-state index contributed by atoms with van der Waals surface area (Å²) in [5.74, 6) is -0.279. The number of hydrogen-bond donors (Lipinski definition) is 0. The Morgan fingerprint density at radius 1 is 1.07 bits per heavy atom. The number of unbranched alkanes of at least 4 members (excludes halogenated alkanes) is 7. The van der Waals surface area contributed by atoms with Gasteiger partial charge in [-0.3, -0.25) is 0 Å². The highest BCUT2D eigenvalue weighted by atomic mass is 32.2. The van der Waals surface area contributed by atoms with Crippen molar-refractivity contribution < 1.29 is 14.3 Å². The maximum Gasteiger partial charge on any atom is 0.342 e. The molecule has 0 radical (unpaired) electrons. The first kappa shape index (κ1) is 21.1. The quantitative estimate of drug-likeness (QED) is 0.317. The van der Waals surface area contributed by atoms with Crippen LogP contribution in [0.4, 0.5) is 0 Å². The van der Waals surface area contributed by atoms with Crippen LogP contribution in [0.2, 0.25) is 0 Å². The molecule has 0 saturated carbocycles. The van der Waals surface area contributed by atoms with Gasteiger partial charge in [-0.25, -0.2) is 9.79 Å². The normalized spacial score (nSPS) is 21.1. The molecule has 0 aliphatic carbocycles.